The van der Waals surface area contributed by atoms with Crippen LogP contribution < -0.4 is 9.64 Å². The Kier molecular flexibility index (Phi) is 4.71. The first-order valence-corrected chi connectivity index (χ1v) is 8.24. The fourth-order valence-electron chi connectivity index (χ4n) is 3.18. The monoisotopic (exact) mass is 354 g/mol. The van der Waals surface area contributed by atoms with E-state index in [-0.39, 0.29) is 17.4 Å². The number of hydrogen-bond donors (Lipinski definition) is 0. The van der Waals surface area contributed by atoms with Crippen LogP contribution in [0, 0.1) is 16.0 Å². The van der Waals surface area contributed by atoms with E-state index in [1.165, 1.54) is 19.1 Å². The van der Waals surface area contributed by atoms with Crippen LogP contribution in [0.4, 0.5) is 11.4 Å². The van der Waals surface area contributed by atoms with Gasteiger partial charge in [-0.05, 0) is 43.7 Å². The number of benzene rings is 2. The molecule has 2 atom stereocenters. The molecule has 26 heavy (non-hydrogen) atoms. The highest BCUT2D eigenvalue weighted by Gasteiger charge is 2.51. The van der Waals surface area contributed by atoms with Crippen LogP contribution in [0.3, 0.4) is 0 Å². The van der Waals surface area contributed by atoms with Gasteiger partial charge in [0.15, 0.2) is 0 Å². The molecule has 1 fully saturated rings. The van der Waals surface area contributed by atoms with Crippen molar-refractivity contribution in [1.82, 2.24) is 0 Å². The van der Waals surface area contributed by atoms with E-state index >= 15 is 0 Å². The number of ether oxygens (including phenoxy) is 1. The number of nitro benzene ring substituents is 1. The summed E-state index contributed by atoms with van der Waals surface area (Å²) in [6.45, 7) is 3.81. The lowest BCUT2D eigenvalue weighted by molar-refractivity contribution is -0.384. The Hall–Kier alpha value is -3.22. The van der Waals surface area contributed by atoms with Crippen molar-refractivity contribution >= 4 is 23.1 Å². The summed E-state index contributed by atoms with van der Waals surface area (Å²) in [5.41, 5.74) is 1.30. The van der Waals surface area contributed by atoms with Crippen LogP contribution in [-0.2, 0) is 9.59 Å². The van der Waals surface area contributed by atoms with Gasteiger partial charge in [-0.15, -0.1) is 0 Å². The molecule has 1 saturated heterocycles. The maximum absolute atomic E-state index is 12.5. The number of hydrogen-bond acceptors (Lipinski definition) is 5. The summed E-state index contributed by atoms with van der Waals surface area (Å²) in [7, 11) is 0. The summed E-state index contributed by atoms with van der Waals surface area (Å²) < 4.78 is 5.40. The van der Waals surface area contributed by atoms with Crippen LogP contribution in [0.15, 0.2) is 48.5 Å². The van der Waals surface area contributed by atoms with E-state index in [1.54, 1.807) is 41.3 Å². The standard InChI is InChI=1S/C19H18N2O5/c1-3-26-16-10-8-14(9-11-16)20-18(17(12(2)22)19(20)23)13-4-6-15(7-5-13)21(24)25/h4-11,17-18H,3H2,1-2H3/t17-,18+/m1/s1. The van der Waals surface area contributed by atoms with Crippen molar-refractivity contribution in [3.8, 4) is 5.75 Å². The van der Waals surface area contributed by atoms with Crippen molar-refractivity contribution in [2.45, 2.75) is 19.9 Å². The number of Topliss-reactive ketones (excluding diaryl/α,β-unsaturated/α-hetero) is 1. The average molecular weight is 354 g/mol. The number of rotatable bonds is 6. The lowest BCUT2D eigenvalue weighted by atomic mass is 9.79. The number of non-ortho nitro benzene ring substituents is 1. The molecule has 2 aromatic rings. The van der Waals surface area contributed by atoms with Crippen LogP contribution in [-0.4, -0.2) is 23.2 Å². The number of amides is 1. The zero-order valence-electron chi connectivity index (χ0n) is 14.4. The molecule has 1 amide bonds. The van der Waals surface area contributed by atoms with E-state index < -0.39 is 16.9 Å². The van der Waals surface area contributed by atoms with Crippen LogP contribution in [0.5, 0.6) is 5.75 Å². The number of nitrogens with zero attached hydrogens (tertiary/aromatic N) is 2. The number of carbonyl (C=O) groups is 2. The fraction of sp³-hybridized carbons (Fsp3) is 0.263. The Bertz CT molecular complexity index is 845. The van der Waals surface area contributed by atoms with Crippen molar-refractivity contribution in [1.29, 1.82) is 0 Å². The van der Waals surface area contributed by atoms with Gasteiger partial charge in [-0.25, -0.2) is 0 Å². The zero-order chi connectivity index (χ0) is 18.8. The normalized spacial score (nSPS) is 19.0. The molecular formula is C19H18N2O5. The molecule has 0 bridgehead atoms. The molecule has 0 saturated carbocycles. The highest BCUT2D eigenvalue weighted by molar-refractivity contribution is 6.15. The van der Waals surface area contributed by atoms with Gasteiger partial charge >= 0.3 is 0 Å². The van der Waals surface area contributed by atoms with Crippen LogP contribution in [0.2, 0.25) is 0 Å². The summed E-state index contributed by atoms with van der Waals surface area (Å²) in [4.78, 5) is 36.4. The van der Waals surface area contributed by atoms with Gasteiger partial charge < -0.3 is 9.64 Å². The third-order valence-corrected chi connectivity index (χ3v) is 4.41. The molecule has 7 heteroatoms. The Morgan fingerprint density at radius 3 is 2.27 bits per heavy atom. The van der Waals surface area contributed by atoms with E-state index in [1.807, 2.05) is 6.92 Å². The van der Waals surface area contributed by atoms with Crippen molar-refractivity contribution in [2.75, 3.05) is 11.5 Å². The topological polar surface area (TPSA) is 89.8 Å². The molecule has 7 nitrogen and oxygen atoms in total. The van der Waals surface area contributed by atoms with Gasteiger partial charge in [0.1, 0.15) is 17.5 Å². The second-order valence-electron chi connectivity index (χ2n) is 6.02. The summed E-state index contributed by atoms with van der Waals surface area (Å²) in [5, 5.41) is 10.8. The third kappa shape index (κ3) is 3.03. The summed E-state index contributed by atoms with van der Waals surface area (Å²) in [6.07, 6.45) is 0. The Balaban J connectivity index is 1.94. The lowest BCUT2D eigenvalue weighted by Crippen LogP contribution is -2.57. The largest absolute Gasteiger partial charge is 0.494 e. The molecule has 0 N–H and O–H groups in total. The maximum atomic E-state index is 12.5. The molecule has 0 spiro atoms. The van der Waals surface area contributed by atoms with Gasteiger partial charge in [0.25, 0.3) is 5.69 Å². The van der Waals surface area contributed by atoms with E-state index in [0.29, 0.717) is 23.6 Å². The molecule has 0 aliphatic carbocycles. The highest BCUT2D eigenvalue weighted by Crippen LogP contribution is 2.44. The number of β-lactam (4-membered cyclic amide) rings is 1. The first-order chi connectivity index (χ1) is 12.4. The lowest BCUT2D eigenvalue weighted by Gasteiger charge is -2.46. The zero-order valence-corrected chi connectivity index (χ0v) is 14.4. The molecule has 134 valence electrons. The molecule has 3 rings (SSSR count). The second-order valence-corrected chi connectivity index (χ2v) is 6.02. The van der Waals surface area contributed by atoms with Gasteiger partial charge in [-0.3, -0.25) is 19.7 Å². The van der Waals surface area contributed by atoms with Crippen LogP contribution in [0.1, 0.15) is 25.5 Å². The average Bonchev–Trinajstić information content (AvgIpc) is 2.61. The van der Waals surface area contributed by atoms with Gasteiger partial charge in [0.05, 0.1) is 17.6 Å². The Labute approximate surface area is 150 Å². The number of anilines is 1. The molecule has 1 aliphatic heterocycles. The molecule has 0 aromatic heterocycles. The number of nitro groups is 1. The Morgan fingerprint density at radius 1 is 1.15 bits per heavy atom. The van der Waals surface area contributed by atoms with Crippen molar-refractivity contribution in [3.05, 3.63) is 64.2 Å². The SMILES string of the molecule is CCOc1ccc(N2C(=O)[C@H](C(C)=O)[C@@H]2c2ccc([N+](=O)[O-])cc2)cc1. The van der Waals surface area contributed by atoms with E-state index in [4.69, 9.17) is 4.74 Å². The smallest absolute Gasteiger partial charge is 0.269 e. The van der Waals surface area contributed by atoms with Crippen LogP contribution in [0.25, 0.3) is 0 Å². The van der Waals surface area contributed by atoms with Gasteiger partial charge in [0.2, 0.25) is 5.91 Å². The Morgan fingerprint density at radius 2 is 1.77 bits per heavy atom. The summed E-state index contributed by atoms with van der Waals surface area (Å²) in [6, 6.07) is 12.5. The van der Waals surface area contributed by atoms with Crippen LogP contribution >= 0.6 is 0 Å². The number of ketones is 1. The molecule has 1 aliphatic rings. The third-order valence-electron chi connectivity index (χ3n) is 4.41. The molecule has 1 heterocycles. The van der Waals surface area contributed by atoms with E-state index in [0.717, 1.165) is 0 Å². The highest BCUT2D eigenvalue weighted by atomic mass is 16.6. The van der Waals surface area contributed by atoms with Crippen molar-refractivity contribution in [3.63, 3.8) is 0 Å². The summed E-state index contributed by atoms with van der Waals surface area (Å²) >= 11 is 0. The molecule has 2 aromatic carbocycles. The first-order valence-electron chi connectivity index (χ1n) is 8.24. The molecular weight excluding hydrogens is 336 g/mol. The van der Waals surface area contributed by atoms with Crippen molar-refractivity contribution in [2.24, 2.45) is 5.92 Å². The minimum Gasteiger partial charge on any atom is -0.494 e. The second kappa shape index (κ2) is 6.95. The van der Waals surface area contributed by atoms with Gasteiger partial charge in [-0.2, -0.15) is 0 Å². The molecule has 0 radical (unpaired) electrons. The predicted octanol–water partition coefficient (Wildman–Crippen LogP) is 3.29. The van der Waals surface area contributed by atoms with Crippen molar-refractivity contribution < 1.29 is 19.2 Å². The first kappa shape index (κ1) is 17.6. The maximum Gasteiger partial charge on any atom is 0.269 e. The summed E-state index contributed by atoms with van der Waals surface area (Å²) in [5.74, 6) is -0.576. The van der Waals surface area contributed by atoms with E-state index in [9.17, 15) is 19.7 Å². The number of carbonyl (C=O) groups excluding carboxylic acids is 2. The quantitative estimate of drug-likeness (QED) is 0.344. The van der Waals surface area contributed by atoms with Gasteiger partial charge in [-0.1, -0.05) is 12.1 Å². The van der Waals surface area contributed by atoms with E-state index in [2.05, 4.69) is 0 Å². The fourth-order valence-corrected chi connectivity index (χ4v) is 3.18. The molecule has 0 unspecified atom stereocenters. The minimum atomic E-state index is -0.775. The minimum absolute atomic E-state index is 0.0357. The van der Waals surface area contributed by atoms with Gasteiger partial charge in [0, 0.05) is 17.8 Å². The predicted molar refractivity (Wildman–Crippen MR) is 95.1 cm³/mol.